The average molecular weight is 933 g/mol. The normalized spacial score (nSPS) is 12.0. The van der Waals surface area contributed by atoms with E-state index in [9.17, 15) is 0 Å². The van der Waals surface area contributed by atoms with Crippen LogP contribution >= 0.6 is 11.3 Å². The third-order valence-electron chi connectivity index (χ3n) is 9.76. The fourth-order valence-electron chi connectivity index (χ4n) is 6.93. The molecule has 55 heavy (non-hydrogen) atoms. The van der Waals surface area contributed by atoms with Gasteiger partial charge in [-0.05, 0) is 69.6 Å². The maximum absolute atomic E-state index is 7.96. The molecule has 0 unspecified atom stereocenters. The molecule has 0 bridgehead atoms. The van der Waals surface area contributed by atoms with Gasteiger partial charge in [-0.25, -0.2) is 0 Å². The fourth-order valence-corrected chi connectivity index (χ4v) is 9.34. The van der Waals surface area contributed by atoms with Crippen LogP contribution in [0.4, 0.5) is 0 Å². The van der Waals surface area contributed by atoms with Crippen molar-refractivity contribution in [2.24, 2.45) is 5.92 Å². The van der Waals surface area contributed by atoms with Gasteiger partial charge in [0.15, 0.2) is 0 Å². The van der Waals surface area contributed by atoms with Crippen molar-refractivity contribution >= 4 is 45.7 Å². The van der Waals surface area contributed by atoms with Gasteiger partial charge in [-0.1, -0.05) is 148 Å². The molecule has 0 atom stereocenters. The van der Waals surface area contributed by atoms with Gasteiger partial charge in [0.25, 0.3) is 0 Å². The summed E-state index contributed by atoms with van der Waals surface area (Å²) in [4.78, 5) is 9.70. The van der Waals surface area contributed by atoms with E-state index in [4.69, 9.17) is 6.35 Å². The molecule has 0 saturated heterocycles. The van der Waals surface area contributed by atoms with Crippen LogP contribution in [0.15, 0.2) is 134 Å². The van der Waals surface area contributed by atoms with Crippen LogP contribution in [0.3, 0.4) is 0 Å². The zero-order valence-corrected chi connectivity index (χ0v) is 37.2. The van der Waals surface area contributed by atoms with E-state index < -0.39 is 8.07 Å². The Balaban J connectivity index is 0.000000217. The predicted octanol–water partition coefficient (Wildman–Crippen LogP) is 13.0. The largest absolute Gasteiger partial charge is 0.333 e. The minimum absolute atomic E-state index is 0. The number of hydrogen-bond acceptors (Lipinski definition) is 3. The Kier molecular flexibility index (Phi) is 11.8. The van der Waals surface area contributed by atoms with E-state index in [0.29, 0.717) is 12.0 Å². The van der Waals surface area contributed by atoms with Gasteiger partial charge in [-0.15, -0.1) is 47.3 Å². The molecule has 3 nitrogen and oxygen atoms in total. The minimum Gasteiger partial charge on any atom is -0.333 e. The second-order valence-electron chi connectivity index (χ2n) is 16.5. The van der Waals surface area contributed by atoms with Gasteiger partial charge in [0.05, 0.1) is 26.3 Å². The molecule has 0 spiro atoms. The van der Waals surface area contributed by atoms with E-state index in [2.05, 4.69) is 160 Å². The van der Waals surface area contributed by atoms with Crippen LogP contribution in [-0.2, 0) is 31.9 Å². The van der Waals surface area contributed by atoms with E-state index in [-0.39, 0.29) is 25.5 Å². The first-order valence-corrected chi connectivity index (χ1v) is 23.1. The minimum atomic E-state index is -1.34. The van der Waals surface area contributed by atoms with E-state index in [0.717, 1.165) is 55.9 Å². The quantitative estimate of drug-likeness (QED) is 0.118. The van der Waals surface area contributed by atoms with Crippen LogP contribution in [0.25, 0.3) is 60.6 Å². The van der Waals surface area contributed by atoms with Crippen LogP contribution in [0.1, 0.15) is 47.1 Å². The van der Waals surface area contributed by atoms with Gasteiger partial charge >= 0.3 is 0 Å². The molecule has 281 valence electrons. The molecule has 3 aromatic heterocycles. The van der Waals surface area contributed by atoms with Crippen molar-refractivity contribution in [3.63, 3.8) is 0 Å². The zero-order chi connectivity index (χ0) is 38.9. The number of benzene rings is 5. The Morgan fingerprint density at radius 3 is 2.18 bits per heavy atom. The summed E-state index contributed by atoms with van der Waals surface area (Å²) in [6.45, 7) is 18.5. The number of fused-ring (bicyclic) bond motifs is 2. The van der Waals surface area contributed by atoms with Gasteiger partial charge in [-0.2, -0.15) is 0 Å². The van der Waals surface area contributed by atoms with Crippen LogP contribution in [0, 0.1) is 17.4 Å². The summed E-state index contributed by atoms with van der Waals surface area (Å²) >= 11 is 1.54. The molecule has 0 aliphatic heterocycles. The predicted molar refractivity (Wildman–Crippen MR) is 235 cm³/mol. The second kappa shape index (κ2) is 16.7. The first-order chi connectivity index (χ1) is 26.3. The monoisotopic (exact) mass is 933 g/mol. The molecule has 3 heterocycles. The second-order valence-corrected chi connectivity index (χ2v) is 22.4. The smallest absolute Gasteiger partial charge is 0.0798 e. The summed E-state index contributed by atoms with van der Waals surface area (Å²) in [5.74, 6) is 1.54. The van der Waals surface area contributed by atoms with E-state index in [1.54, 1.807) is 11.3 Å². The molecule has 8 aromatic rings. The maximum Gasteiger partial charge on any atom is 0.0798 e. The Morgan fingerprint density at radius 1 is 0.836 bits per heavy atom. The van der Waals surface area contributed by atoms with Crippen molar-refractivity contribution in [1.29, 1.82) is 0 Å². The third kappa shape index (κ3) is 9.00. The number of thiophene rings is 1. The molecule has 0 aliphatic carbocycles. The van der Waals surface area contributed by atoms with Gasteiger partial charge in [0.2, 0.25) is 0 Å². The molecular weight excluding hydrogens is 883 g/mol. The summed E-state index contributed by atoms with van der Waals surface area (Å²) < 4.78 is 11.2. The maximum atomic E-state index is 7.96. The van der Waals surface area contributed by atoms with Crippen LogP contribution in [0.5, 0.6) is 0 Å². The number of pyridine rings is 1. The average Bonchev–Trinajstić information content (AvgIpc) is 3.76. The van der Waals surface area contributed by atoms with Gasteiger partial charge in [0.1, 0.15) is 0 Å². The van der Waals surface area contributed by atoms with E-state index >= 15 is 0 Å². The molecule has 0 amide bonds. The Labute approximate surface area is 347 Å². The first-order valence-electron chi connectivity index (χ1n) is 19.3. The fraction of sp³-hybridized carbons (Fsp3) is 0.224. The molecule has 5 aromatic carbocycles. The van der Waals surface area contributed by atoms with Crippen molar-refractivity contribution in [2.75, 3.05) is 0 Å². The number of para-hydroxylation sites is 2. The summed E-state index contributed by atoms with van der Waals surface area (Å²) in [5, 5.41) is 6.03. The Bertz CT molecular complexity index is 2560. The zero-order valence-electron chi connectivity index (χ0n) is 34.0. The van der Waals surface area contributed by atoms with Gasteiger partial charge in [-0.3, -0.25) is 16.3 Å². The molecule has 0 saturated carbocycles. The molecule has 0 aliphatic rings. The number of imidazole rings is 1. The number of nitrogens with zero attached hydrogens (tertiary/aromatic N) is 3. The van der Waals surface area contributed by atoms with E-state index in [1.165, 1.54) is 27.4 Å². The van der Waals surface area contributed by atoms with Crippen LogP contribution in [0.2, 0.25) is 19.6 Å². The van der Waals surface area contributed by atoms with Crippen molar-refractivity contribution in [3.8, 4) is 39.5 Å². The number of rotatable bonds is 7. The van der Waals surface area contributed by atoms with Crippen molar-refractivity contribution < 1.29 is 21.5 Å². The molecule has 0 fully saturated rings. The Morgan fingerprint density at radius 2 is 1.53 bits per heavy atom. The number of aromatic nitrogens is 3. The third-order valence-corrected chi connectivity index (χ3v) is 12.7. The van der Waals surface area contributed by atoms with Crippen LogP contribution in [-0.4, -0.2) is 22.6 Å². The van der Waals surface area contributed by atoms with Crippen molar-refractivity contribution in [1.82, 2.24) is 14.5 Å². The summed E-state index contributed by atoms with van der Waals surface area (Å²) in [7, 11) is -1.34. The molecular formula is C49H49IrN3SSi-2. The van der Waals surface area contributed by atoms with Gasteiger partial charge < -0.3 is 9.55 Å². The first kappa shape index (κ1) is 38.8. The van der Waals surface area contributed by atoms with Crippen molar-refractivity contribution in [2.45, 2.75) is 66.1 Å². The SMILES string of the molecule is CC(C)Cc1cc(-c2[c-]cccc2)ncc1[Si](C)(C)C.[2H]c1ccc2c(-c3nc4ccccc4n3-c3ccc(-c4ccc(C(C)(C)C)cc4)cc3)[c-]sc2c1.[Ir]. The van der Waals surface area contributed by atoms with Gasteiger partial charge in [0, 0.05) is 32.0 Å². The summed E-state index contributed by atoms with van der Waals surface area (Å²) in [5.41, 5.74) is 11.5. The van der Waals surface area contributed by atoms with E-state index in [1.807, 2.05) is 42.5 Å². The standard InChI is InChI=1S/C31H25N2S.C18H24NSi.Ir/c1-31(2,3)23-16-12-21(13-17-23)22-14-18-24(19-15-22)33-28-10-6-5-9-27(28)32-30(33)26-20-34-29-11-7-4-8-25(26)29;1-14(2)11-16-12-17(15-9-7-6-8-10-15)19-13-18(16)20(3,4)5;/h4-19H,1-3H3;6-9,12-14H,11H2,1-5H3;/q2*-1;/i7D;;. The molecule has 6 heteroatoms. The molecule has 1 radical (unpaired) electrons. The Hall–Kier alpha value is -4.45. The van der Waals surface area contributed by atoms with Crippen molar-refractivity contribution in [3.05, 3.63) is 156 Å². The summed E-state index contributed by atoms with van der Waals surface area (Å²) in [6.07, 6.45) is 3.24. The summed E-state index contributed by atoms with van der Waals surface area (Å²) in [6, 6.07) is 45.7. The molecule has 0 N–H and O–H groups in total. The molecule has 8 rings (SSSR count). The number of hydrogen-bond donors (Lipinski definition) is 0. The van der Waals surface area contributed by atoms with Crippen LogP contribution < -0.4 is 5.19 Å². The topological polar surface area (TPSA) is 30.7 Å².